The molecule has 0 spiro atoms. The summed E-state index contributed by atoms with van der Waals surface area (Å²) >= 11 is 6.10. The van der Waals surface area contributed by atoms with E-state index >= 15 is 0 Å². The summed E-state index contributed by atoms with van der Waals surface area (Å²) in [6.07, 6.45) is -3.35. The normalized spacial score (nSPS) is 23.7. The zero-order chi connectivity index (χ0) is 35.5. The van der Waals surface area contributed by atoms with E-state index in [1.54, 1.807) is 14.1 Å². The Labute approximate surface area is 292 Å². The Hall–Kier alpha value is -3.69. The molecule has 4 aliphatic rings. The van der Waals surface area contributed by atoms with Gasteiger partial charge in [-0.25, -0.2) is 4.39 Å². The van der Waals surface area contributed by atoms with E-state index in [-0.39, 0.29) is 42.8 Å². The van der Waals surface area contributed by atoms with Crippen LogP contribution in [0.25, 0.3) is 0 Å². The molecule has 1 amide bonds. The van der Waals surface area contributed by atoms with E-state index in [1.165, 1.54) is 11.0 Å². The number of alkyl halides is 4. The minimum absolute atomic E-state index is 0.0125. The number of hydrogen-bond donors (Lipinski definition) is 1. The molecule has 11 nitrogen and oxygen atoms in total. The number of ether oxygens (including phenoxy) is 2. The Morgan fingerprint density at radius 1 is 1.20 bits per heavy atom. The number of fused-ring (bicyclic) bond motifs is 3. The van der Waals surface area contributed by atoms with E-state index in [4.69, 9.17) is 41.9 Å². The number of aryl methyl sites for hydroxylation is 1. The minimum atomic E-state index is -4.74. The van der Waals surface area contributed by atoms with Gasteiger partial charge in [-0.1, -0.05) is 18.5 Å². The number of halogens is 5. The fourth-order valence-corrected chi connectivity index (χ4v) is 8.45. The second kappa shape index (κ2) is 13.1. The third-order valence-electron chi connectivity index (χ3n) is 10.4. The Balaban J connectivity index is 1.28. The average molecular weight is 721 g/mol. The van der Waals surface area contributed by atoms with Crippen molar-refractivity contribution in [2.45, 2.75) is 89.1 Å². The van der Waals surface area contributed by atoms with E-state index in [0.717, 1.165) is 36.7 Å². The van der Waals surface area contributed by atoms with Crippen LogP contribution in [-0.4, -0.2) is 87.5 Å². The molecule has 0 saturated carbocycles. The summed E-state index contributed by atoms with van der Waals surface area (Å²) in [6, 6.07) is 2.40. The summed E-state index contributed by atoms with van der Waals surface area (Å²) in [5, 5.41) is 4.20. The highest BCUT2D eigenvalue weighted by Crippen LogP contribution is 2.45. The molecule has 2 fully saturated rings. The number of aromatic nitrogens is 4. The first-order valence-corrected chi connectivity index (χ1v) is 17.4. The molecule has 0 bridgehead atoms. The summed E-state index contributed by atoms with van der Waals surface area (Å²) in [4.78, 5) is 28.4. The highest BCUT2D eigenvalue weighted by molar-refractivity contribution is 6.31. The molecule has 0 radical (unpaired) electrons. The molecular formula is C34H41ClF4N8O3. The molecule has 270 valence electrons. The van der Waals surface area contributed by atoms with E-state index < -0.39 is 34.6 Å². The Bertz CT molecular complexity index is 1800. The Morgan fingerprint density at radius 2 is 2.00 bits per heavy atom. The summed E-state index contributed by atoms with van der Waals surface area (Å²) in [5.74, 6) is 0.365. The molecule has 0 unspecified atom stereocenters. The van der Waals surface area contributed by atoms with Crippen LogP contribution in [0.3, 0.4) is 0 Å². The van der Waals surface area contributed by atoms with Crippen LogP contribution in [0.15, 0.2) is 12.1 Å². The van der Waals surface area contributed by atoms with Gasteiger partial charge in [0.1, 0.15) is 18.6 Å². The third-order valence-corrected chi connectivity index (χ3v) is 10.7. The molecule has 0 aliphatic carbocycles. The van der Waals surface area contributed by atoms with Crippen LogP contribution in [-0.2, 0) is 43.5 Å². The lowest BCUT2D eigenvalue weighted by Crippen LogP contribution is -2.43. The first-order valence-electron chi connectivity index (χ1n) is 17.0. The maximum Gasteiger partial charge on any atom is 0.418 e. The SMILES string of the molecule is CCc1c(C(=O)N(C)C)nn2c1CN(c1nc(OC[C@@]34CCCN3C[C@H](F)C4)nc3c1CO[C@H](c1cc(N)cc(Cl)c1C(F)(F)F)C3)CCC2. The topological polar surface area (TPSA) is 115 Å². The van der Waals surface area contributed by atoms with Gasteiger partial charge in [0.05, 0.1) is 46.8 Å². The number of anilines is 2. The smallest absolute Gasteiger partial charge is 0.418 e. The summed E-state index contributed by atoms with van der Waals surface area (Å²) in [7, 11) is 3.39. The van der Waals surface area contributed by atoms with Crippen molar-refractivity contribution in [1.82, 2.24) is 29.5 Å². The number of nitrogen functional groups attached to an aromatic ring is 1. The predicted molar refractivity (Wildman–Crippen MR) is 178 cm³/mol. The molecule has 7 rings (SSSR count). The van der Waals surface area contributed by atoms with Gasteiger partial charge in [0.2, 0.25) is 0 Å². The van der Waals surface area contributed by atoms with Crippen molar-refractivity contribution in [3.8, 4) is 6.01 Å². The number of hydrogen-bond acceptors (Lipinski definition) is 9. The number of rotatable bonds is 7. The molecule has 3 atom stereocenters. The first-order chi connectivity index (χ1) is 23.8. The summed E-state index contributed by atoms with van der Waals surface area (Å²) < 4.78 is 71.7. The number of carbonyl (C=O) groups excluding carboxylic acids is 1. The van der Waals surface area contributed by atoms with Crippen LogP contribution >= 0.6 is 11.6 Å². The highest BCUT2D eigenvalue weighted by atomic mass is 35.5. The lowest BCUT2D eigenvalue weighted by atomic mass is 9.94. The van der Waals surface area contributed by atoms with Crippen LogP contribution in [0.4, 0.5) is 29.1 Å². The first kappa shape index (κ1) is 34.7. The molecule has 6 heterocycles. The maximum atomic E-state index is 14.6. The summed E-state index contributed by atoms with van der Waals surface area (Å²) in [5.41, 5.74) is 7.72. The van der Waals surface area contributed by atoms with Crippen molar-refractivity contribution in [3.05, 3.63) is 56.5 Å². The van der Waals surface area contributed by atoms with Crippen LogP contribution in [0.5, 0.6) is 6.01 Å². The van der Waals surface area contributed by atoms with Crippen molar-refractivity contribution in [3.63, 3.8) is 0 Å². The quantitative estimate of drug-likeness (QED) is 0.254. The number of nitrogens with zero attached hydrogens (tertiary/aromatic N) is 7. The van der Waals surface area contributed by atoms with Gasteiger partial charge in [-0.3, -0.25) is 14.4 Å². The Morgan fingerprint density at radius 3 is 2.74 bits per heavy atom. The molecule has 50 heavy (non-hydrogen) atoms. The largest absolute Gasteiger partial charge is 0.461 e. The van der Waals surface area contributed by atoms with Crippen molar-refractivity contribution in [2.75, 3.05) is 51.0 Å². The molecule has 16 heteroatoms. The zero-order valence-corrected chi connectivity index (χ0v) is 29.1. The molecular weight excluding hydrogens is 680 g/mol. The van der Waals surface area contributed by atoms with Crippen molar-refractivity contribution < 1.29 is 31.8 Å². The van der Waals surface area contributed by atoms with Gasteiger partial charge in [0.25, 0.3) is 5.91 Å². The second-order valence-corrected chi connectivity index (χ2v) is 14.3. The van der Waals surface area contributed by atoms with Crippen LogP contribution < -0.4 is 15.4 Å². The van der Waals surface area contributed by atoms with Crippen LogP contribution in [0.2, 0.25) is 5.02 Å². The zero-order valence-electron chi connectivity index (χ0n) is 28.3. The lowest BCUT2D eigenvalue weighted by Gasteiger charge is -2.33. The number of carbonyl (C=O) groups is 1. The van der Waals surface area contributed by atoms with E-state index in [9.17, 15) is 22.4 Å². The number of benzene rings is 1. The fourth-order valence-electron chi connectivity index (χ4n) is 8.11. The maximum absolute atomic E-state index is 14.6. The second-order valence-electron chi connectivity index (χ2n) is 13.9. The van der Waals surface area contributed by atoms with Gasteiger partial charge in [-0.2, -0.15) is 28.2 Å². The number of nitrogens with two attached hydrogens (primary N) is 1. The Kier molecular flexibility index (Phi) is 9.12. The van der Waals surface area contributed by atoms with E-state index in [2.05, 4.69) is 9.80 Å². The van der Waals surface area contributed by atoms with Gasteiger partial charge in [0, 0.05) is 63.4 Å². The van der Waals surface area contributed by atoms with Gasteiger partial charge >= 0.3 is 12.2 Å². The minimum Gasteiger partial charge on any atom is -0.461 e. The van der Waals surface area contributed by atoms with Crippen molar-refractivity contribution >= 4 is 29.0 Å². The molecule has 2 saturated heterocycles. The number of amides is 1. The van der Waals surface area contributed by atoms with Gasteiger partial charge in [0.15, 0.2) is 5.69 Å². The van der Waals surface area contributed by atoms with Crippen molar-refractivity contribution in [1.29, 1.82) is 0 Å². The average Bonchev–Trinajstić information content (AvgIpc) is 3.65. The standard InChI is InChI=1S/C34H41ClF4N8O3/c1-4-21-26-16-45(8-6-10-47(26)43-29(21)31(48)44(2)3)30-23-17-49-27(22-11-20(40)12-24(35)28(22)34(37,38)39)13-25(23)41-32(42-30)50-18-33-7-5-9-46(33)15-19(36)14-33/h11-12,19,27H,4-10,13-18,40H2,1-3H3/t19-,27+,33+/m1/s1. The van der Waals surface area contributed by atoms with Crippen LogP contribution in [0.1, 0.15) is 82.8 Å². The molecule has 1 aromatic carbocycles. The fraction of sp³-hybridized carbons (Fsp3) is 0.588. The molecule has 2 aromatic heterocycles. The predicted octanol–water partition coefficient (Wildman–Crippen LogP) is 5.37. The van der Waals surface area contributed by atoms with Gasteiger partial charge in [-0.15, -0.1) is 0 Å². The van der Waals surface area contributed by atoms with Crippen LogP contribution in [0, 0.1) is 0 Å². The molecule has 4 aliphatic heterocycles. The third kappa shape index (κ3) is 6.25. The molecule has 3 aromatic rings. The summed E-state index contributed by atoms with van der Waals surface area (Å²) in [6.45, 7) is 4.83. The highest BCUT2D eigenvalue weighted by Gasteiger charge is 2.49. The van der Waals surface area contributed by atoms with Gasteiger partial charge < -0.3 is 25.0 Å². The van der Waals surface area contributed by atoms with E-state index in [1.807, 2.05) is 11.6 Å². The molecule has 2 N–H and O–H groups in total. The lowest BCUT2D eigenvalue weighted by molar-refractivity contribution is -0.139. The van der Waals surface area contributed by atoms with Crippen molar-refractivity contribution in [2.24, 2.45) is 0 Å². The monoisotopic (exact) mass is 720 g/mol. The van der Waals surface area contributed by atoms with Gasteiger partial charge in [-0.05, 0) is 49.9 Å². The van der Waals surface area contributed by atoms with E-state index in [0.29, 0.717) is 68.2 Å².